The monoisotopic (exact) mass is 357 g/mol. The molecule has 1 amide bonds. The van der Waals surface area contributed by atoms with Crippen LogP contribution < -0.4 is 10.1 Å². The number of methoxy groups -OCH3 is 1. The summed E-state index contributed by atoms with van der Waals surface area (Å²) in [6.07, 6.45) is -0.177. The van der Waals surface area contributed by atoms with E-state index in [4.69, 9.17) is 4.74 Å². The molecule has 0 atom stereocenters. The summed E-state index contributed by atoms with van der Waals surface area (Å²) < 4.78 is 4.52. The molecular weight excluding hydrogens is 334 g/mol. The molecule has 132 valence electrons. The van der Waals surface area contributed by atoms with E-state index < -0.39 is 4.75 Å². The molecule has 25 heavy (non-hydrogen) atoms. The number of rotatable bonds is 7. The first-order chi connectivity index (χ1) is 11.8. The first-order valence-corrected chi connectivity index (χ1v) is 8.85. The quantitative estimate of drug-likeness (QED) is 0.587. The molecule has 0 aliphatic heterocycles. The van der Waals surface area contributed by atoms with Crippen molar-refractivity contribution in [2.24, 2.45) is 0 Å². The summed E-state index contributed by atoms with van der Waals surface area (Å²) in [5.74, 6) is 0.107. The average Bonchev–Trinajstić information content (AvgIpc) is 2.54. The molecule has 0 aliphatic carbocycles. The van der Waals surface area contributed by atoms with Crippen molar-refractivity contribution in [3.8, 4) is 5.75 Å². The summed E-state index contributed by atoms with van der Waals surface area (Å²) in [6.45, 7) is 5.71. The highest BCUT2D eigenvalue weighted by Crippen LogP contribution is 2.34. The number of Topliss-reactive ketones (excluding diaryl/α,β-unsaturated/α-hetero) is 1. The van der Waals surface area contributed by atoms with Crippen LogP contribution in [0.4, 0.5) is 5.69 Å². The Balaban J connectivity index is 2.00. The van der Waals surface area contributed by atoms with Crippen molar-refractivity contribution >= 4 is 29.1 Å². The Morgan fingerprint density at radius 2 is 1.84 bits per heavy atom. The predicted molar refractivity (Wildman–Crippen MR) is 102 cm³/mol. The SMILES string of the molecule is COc1ccccc1NC(=O)CC(=O)C(C)(C)Sc1cccc(C)c1. The highest BCUT2D eigenvalue weighted by atomic mass is 32.2. The summed E-state index contributed by atoms with van der Waals surface area (Å²) in [5.41, 5.74) is 1.70. The van der Waals surface area contributed by atoms with Gasteiger partial charge in [-0.2, -0.15) is 0 Å². The lowest BCUT2D eigenvalue weighted by Gasteiger charge is -2.22. The van der Waals surface area contributed by atoms with Crippen LogP contribution in [0.5, 0.6) is 5.75 Å². The van der Waals surface area contributed by atoms with Gasteiger partial charge in [0.2, 0.25) is 5.91 Å². The number of amides is 1. The number of anilines is 1. The number of hydrogen-bond donors (Lipinski definition) is 1. The first kappa shape index (κ1) is 19.1. The molecule has 0 aromatic heterocycles. The molecule has 5 heteroatoms. The van der Waals surface area contributed by atoms with E-state index in [0.29, 0.717) is 11.4 Å². The van der Waals surface area contributed by atoms with Gasteiger partial charge in [0.25, 0.3) is 0 Å². The number of carbonyl (C=O) groups is 2. The summed E-state index contributed by atoms with van der Waals surface area (Å²) in [5, 5.41) is 2.74. The van der Waals surface area contributed by atoms with E-state index >= 15 is 0 Å². The van der Waals surface area contributed by atoms with Crippen LogP contribution in [0.15, 0.2) is 53.4 Å². The largest absolute Gasteiger partial charge is 0.495 e. The Labute approximate surface area is 153 Å². The highest BCUT2D eigenvalue weighted by Gasteiger charge is 2.30. The molecular formula is C20H23NO3S. The zero-order valence-corrected chi connectivity index (χ0v) is 15.8. The molecule has 0 bridgehead atoms. The van der Waals surface area contributed by atoms with Gasteiger partial charge in [-0.1, -0.05) is 29.8 Å². The zero-order valence-electron chi connectivity index (χ0n) is 15.0. The molecule has 2 rings (SSSR count). The van der Waals surface area contributed by atoms with E-state index in [1.807, 2.05) is 51.1 Å². The number of aryl methyl sites for hydroxylation is 1. The number of para-hydroxylation sites is 2. The standard InChI is InChI=1S/C20H23NO3S/c1-14-8-7-9-15(12-14)25-20(2,3)18(22)13-19(23)21-16-10-5-6-11-17(16)24-4/h5-12H,13H2,1-4H3,(H,21,23). The summed E-state index contributed by atoms with van der Waals surface area (Å²) >= 11 is 1.47. The van der Waals surface area contributed by atoms with Gasteiger partial charge >= 0.3 is 0 Å². The Hall–Kier alpha value is -2.27. The van der Waals surface area contributed by atoms with Crippen LogP contribution in [-0.4, -0.2) is 23.5 Å². The van der Waals surface area contributed by atoms with Crippen LogP contribution in [0.25, 0.3) is 0 Å². The third-order valence-corrected chi connectivity index (χ3v) is 4.96. The van der Waals surface area contributed by atoms with Crippen molar-refractivity contribution in [2.45, 2.75) is 36.8 Å². The van der Waals surface area contributed by atoms with Crippen LogP contribution in [0, 0.1) is 6.92 Å². The van der Waals surface area contributed by atoms with Gasteiger partial charge in [0.1, 0.15) is 5.75 Å². The maximum Gasteiger partial charge on any atom is 0.231 e. The fourth-order valence-corrected chi connectivity index (χ4v) is 3.50. The topological polar surface area (TPSA) is 55.4 Å². The molecule has 0 unspecified atom stereocenters. The maximum absolute atomic E-state index is 12.6. The van der Waals surface area contributed by atoms with Gasteiger partial charge in [-0.25, -0.2) is 0 Å². The van der Waals surface area contributed by atoms with Crippen LogP contribution >= 0.6 is 11.8 Å². The first-order valence-electron chi connectivity index (χ1n) is 8.03. The second-order valence-corrected chi connectivity index (χ2v) is 7.97. The number of carbonyl (C=O) groups excluding carboxylic acids is 2. The minimum atomic E-state index is -0.689. The van der Waals surface area contributed by atoms with Crippen molar-refractivity contribution in [3.63, 3.8) is 0 Å². The van der Waals surface area contributed by atoms with Gasteiger partial charge in [0, 0.05) is 4.90 Å². The average molecular weight is 357 g/mol. The molecule has 0 saturated carbocycles. The van der Waals surface area contributed by atoms with Crippen LogP contribution in [0.3, 0.4) is 0 Å². The molecule has 0 radical (unpaired) electrons. The van der Waals surface area contributed by atoms with Gasteiger partial charge in [0.15, 0.2) is 5.78 Å². The van der Waals surface area contributed by atoms with Crippen LogP contribution in [0.1, 0.15) is 25.8 Å². The summed E-state index contributed by atoms with van der Waals surface area (Å²) in [6, 6.07) is 15.1. The Morgan fingerprint density at radius 1 is 1.12 bits per heavy atom. The smallest absolute Gasteiger partial charge is 0.231 e. The van der Waals surface area contributed by atoms with Crippen molar-refractivity contribution in [3.05, 3.63) is 54.1 Å². The second kappa shape index (κ2) is 8.21. The molecule has 0 fully saturated rings. The van der Waals surface area contributed by atoms with Crippen molar-refractivity contribution in [1.29, 1.82) is 0 Å². The van der Waals surface area contributed by atoms with Crippen molar-refractivity contribution < 1.29 is 14.3 Å². The summed E-state index contributed by atoms with van der Waals surface area (Å²) in [7, 11) is 1.54. The number of ketones is 1. The third-order valence-electron chi connectivity index (χ3n) is 3.74. The lowest BCUT2D eigenvalue weighted by molar-refractivity contribution is -0.126. The van der Waals surface area contributed by atoms with Gasteiger partial charge < -0.3 is 10.1 Å². The number of thioether (sulfide) groups is 1. The lowest BCUT2D eigenvalue weighted by Crippen LogP contribution is -2.31. The highest BCUT2D eigenvalue weighted by molar-refractivity contribution is 8.01. The minimum Gasteiger partial charge on any atom is -0.495 e. The van der Waals surface area contributed by atoms with Crippen LogP contribution in [-0.2, 0) is 9.59 Å². The Kier molecular flexibility index (Phi) is 6.26. The van der Waals surface area contributed by atoms with Gasteiger partial charge in [0.05, 0.1) is 24.0 Å². The molecule has 0 aliphatic rings. The fraction of sp³-hybridized carbons (Fsp3) is 0.300. The van der Waals surface area contributed by atoms with Crippen molar-refractivity contribution in [1.82, 2.24) is 0 Å². The number of hydrogen-bond acceptors (Lipinski definition) is 4. The molecule has 2 aromatic carbocycles. The predicted octanol–water partition coefficient (Wildman–Crippen LogP) is 4.47. The van der Waals surface area contributed by atoms with Gasteiger partial charge in [-0.15, -0.1) is 11.8 Å². The summed E-state index contributed by atoms with van der Waals surface area (Å²) in [4.78, 5) is 25.9. The number of nitrogens with one attached hydrogen (secondary N) is 1. The minimum absolute atomic E-state index is 0.119. The second-order valence-electron chi connectivity index (χ2n) is 6.28. The molecule has 0 spiro atoms. The Morgan fingerprint density at radius 3 is 2.52 bits per heavy atom. The lowest BCUT2D eigenvalue weighted by atomic mass is 10.0. The van der Waals surface area contributed by atoms with E-state index in [9.17, 15) is 9.59 Å². The van der Waals surface area contributed by atoms with Gasteiger partial charge in [-0.05, 0) is 45.0 Å². The molecule has 0 saturated heterocycles. The number of benzene rings is 2. The van der Waals surface area contributed by atoms with E-state index in [1.54, 1.807) is 18.2 Å². The van der Waals surface area contributed by atoms with Gasteiger partial charge in [-0.3, -0.25) is 9.59 Å². The van der Waals surface area contributed by atoms with E-state index in [0.717, 1.165) is 10.5 Å². The fourth-order valence-electron chi connectivity index (χ4n) is 2.33. The molecule has 4 nitrogen and oxygen atoms in total. The van der Waals surface area contributed by atoms with Crippen LogP contribution in [0.2, 0.25) is 0 Å². The third kappa shape index (κ3) is 5.36. The molecule has 0 heterocycles. The Bertz CT molecular complexity index is 771. The number of ether oxygens (including phenoxy) is 1. The van der Waals surface area contributed by atoms with E-state index in [2.05, 4.69) is 5.32 Å². The van der Waals surface area contributed by atoms with E-state index in [-0.39, 0.29) is 18.1 Å². The molecule has 2 aromatic rings. The maximum atomic E-state index is 12.6. The normalized spacial score (nSPS) is 11.0. The van der Waals surface area contributed by atoms with Crippen molar-refractivity contribution in [2.75, 3.05) is 12.4 Å². The van der Waals surface area contributed by atoms with E-state index in [1.165, 1.54) is 18.9 Å². The molecule has 1 N–H and O–H groups in total. The zero-order chi connectivity index (χ0) is 18.4.